The highest BCUT2D eigenvalue weighted by Crippen LogP contribution is 2.62. The Kier molecular flexibility index (Phi) is 7.38. The van der Waals surface area contributed by atoms with Crippen LogP contribution in [0, 0.1) is 13.1 Å². The van der Waals surface area contributed by atoms with Crippen LogP contribution in [0.25, 0.3) is 104 Å². The molecule has 1 atom stereocenters. The fourth-order valence-electron chi connectivity index (χ4n) is 11.7. The van der Waals surface area contributed by atoms with Crippen LogP contribution < -0.4 is 4.74 Å². The van der Waals surface area contributed by atoms with Crippen molar-refractivity contribution >= 4 is 76.8 Å². The summed E-state index contributed by atoms with van der Waals surface area (Å²) in [5.74, 6) is 1.48. The fourth-order valence-corrected chi connectivity index (χ4v) is 11.7. The number of fused-ring (bicyclic) bond motifs is 18. The Morgan fingerprint density at radius 1 is 0.391 bits per heavy atom. The van der Waals surface area contributed by atoms with E-state index in [2.05, 4.69) is 156 Å². The van der Waals surface area contributed by atoms with Crippen LogP contribution in [0.4, 0.5) is 11.4 Å². The van der Waals surface area contributed by atoms with Crippen molar-refractivity contribution in [2.24, 2.45) is 0 Å². The zero-order valence-corrected chi connectivity index (χ0v) is 36.5. The number of para-hydroxylation sites is 4. The molecule has 0 bridgehead atoms. The molecule has 69 heavy (non-hydrogen) atoms. The maximum atomic E-state index is 7.87. The molecule has 7 heterocycles. The minimum Gasteiger partial charge on any atom is -0.457 e. The van der Waals surface area contributed by atoms with Gasteiger partial charge in [-0.1, -0.05) is 84.9 Å². The summed E-state index contributed by atoms with van der Waals surface area (Å²) >= 11 is 0. The van der Waals surface area contributed by atoms with Crippen LogP contribution in [-0.2, 0) is 5.41 Å². The Morgan fingerprint density at radius 2 is 0.870 bits per heavy atom. The molecule has 7 aromatic carbocycles. The van der Waals surface area contributed by atoms with Gasteiger partial charge in [-0.3, -0.25) is 15.0 Å². The van der Waals surface area contributed by atoms with Gasteiger partial charge in [-0.05, 0) is 95.7 Å². The predicted octanol–water partition coefficient (Wildman–Crippen LogP) is 14.7. The molecule has 13 aromatic rings. The molecule has 0 amide bonds. The maximum Gasteiger partial charge on any atom is 0.188 e. The highest BCUT2D eigenvalue weighted by molar-refractivity contribution is 6.12. The number of ether oxygens (including phenoxy) is 1. The van der Waals surface area contributed by atoms with Crippen LogP contribution in [-0.4, -0.2) is 28.7 Å². The first-order valence-electron chi connectivity index (χ1n) is 22.7. The lowest BCUT2D eigenvalue weighted by atomic mass is 9.66. The average molecular weight is 881 g/mol. The van der Waals surface area contributed by atoms with Gasteiger partial charge in [-0.15, -0.1) is 0 Å². The third kappa shape index (κ3) is 4.87. The Balaban J connectivity index is 1.07. The zero-order chi connectivity index (χ0) is 45.5. The first-order chi connectivity index (χ1) is 34.1. The summed E-state index contributed by atoms with van der Waals surface area (Å²) in [6.45, 7) is 15.7. The minimum atomic E-state index is -0.986. The normalized spacial score (nSPS) is 14.5. The molecular weight excluding hydrogens is 849 g/mol. The molecule has 1 spiro atoms. The van der Waals surface area contributed by atoms with E-state index in [9.17, 15) is 0 Å². The van der Waals surface area contributed by atoms with Crippen molar-refractivity contribution in [1.82, 2.24) is 28.7 Å². The van der Waals surface area contributed by atoms with Crippen LogP contribution in [0.2, 0.25) is 0 Å². The Morgan fingerprint density at radius 3 is 1.45 bits per heavy atom. The van der Waals surface area contributed by atoms with Crippen LogP contribution in [0.3, 0.4) is 0 Å². The summed E-state index contributed by atoms with van der Waals surface area (Å²) in [7, 11) is 0. The third-order valence-corrected chi connectivity index (χ3v) is 14.5. The lowest BCUT2D eigenvalue weighted by Gasteiger charge is -2.39. The van der Waals surface area contributed by atoms with Gasteiger partial charge in [-0.25, -0.2) is 9.69 Å². The van der Waals surface area contributed by atoms with E-state index in [-0.39, 0.29) is 0 Å². The zero-order valence-electron chi connectivity index (χ0n) is 36.5. The molecule has 318 valence electrons. The van der Waals surface area contributed by atoms with E-state index in [4.69, 9.17) is 27.8 Å². The number of hydrogen-bond donors (Lipinski definition) is 0. The van der Waals surface area contributed by atoms with Gasteiger partial charge in [0, 0.05) is 55.7 Å². The van der Waals surface area contributed by atoms with Crippen molar-refractivity contribution in [3.05, 3.63) is 240 Å². The summed E-state index contributed by atoms with van der Waals surface area (Å²) in [4.78, 5) is 23.1. The summed E-state index contributed by atoms with van der Waals surface area (Å²) in [6, 6.07) is 58.8. The van der Waals surface area contributed by atoms with Crippen LogP contribution >= 0.6 is 0 Å². The van der Waals surface area contributed by atoms with E-state index in [1.54, 1.807) is 0 Å². The monoisotopic (exact) mass is 880 g/mol. The molecular formula is C60H32N8O. The Bertz CT molecular complexity index is 4340. The van der Waals surface area contributed by atoms with Gasteiger partial charge < -0.3 is 18.4 Å². The molecule has 9 heteroatoms. The second kappa shape index (κ2) is 13.6. The number of hydrogen-bond acceptors (Lipinski definition) is 4. The molecule has 0 fully saturated rings. The van der Waals surface area contributed by atoms with E-state index < -0.39 is 5.41 Å². The number of nitrogens with zero attached hydrogens (tertiary/aromatic N) is 8. The highest BCUT2D eigenvalue weighted by Gasteiger charge is 2.53. The van der Waals surface area contributed by atoms with Gasteiger partial charge in [-0.2, -0.15) is 0 Å². The van der Waals surface area contributed by atoms with Gasteiger partial charge >= 0.3 is 0 Å². The van der Waals surface area contributed by atoms with Gasteiger partial charge in [0.15, 0.2) is 11.4 Å². The van der Waals surface area contributed by atoms with Gasteiger partial charge in [0.1, 0.15) is 11.5 Å². The van der Waals surface area contributed by atoms with Crippen molar-refractivity contribution in [3.8, 4) is 39.9 Å². The van der Waals surface area contributed by atoms with Crippen molar-refractivity contribution in [3.63, 3.8) is 0 Å². The van der Waals surface area contributed by atoms with E-state index in [1.165, 1.54) is 10.8 Å². The van der Waals surface area contributed by atoms with Crippen molar-refractivity contribution in [2.75, 3.05) is 0 Å². The molecule has 2 aliphatic rings. The summed E-state index contributed by atoms with van der Waals surface area (Å²) in [5.41, 5.74) is 14.4. The molecule has 0 saturated carbocycles. The quantitative estimate of drug-likeness (QED) is 0.166. The van der Waals surface area contributed by atoms with Crippen molar-refractivity contribution in [1.29, 1.82) is 0 Å². The van der Waals surface area contributed by atoms with Gasteiger partial charge in [0.25, 0.3) is 0 Å². The van der Waals surface area contributed by atoms with Crippen molar-refractivity contribution in [2.45, 2.75) is 5.41 Å². The SMILES string of the molecule is [C-]#[N+]c1ccc2c(c1)c1cc([N+]#[C-])ccc1n2-c1cnc2c(c1)C1(c3ccccc3Oc3ccc(-n4c5ccccc5c5ccncc54)cc31)c1cc(-n3c4ccccc4c4ccccc43)cnc1-2. The molecule has 1 aliphatic carbocycles. The van der Waals surface area contributed by atoms with E-state index in [0.29, 0.717) is 11.4 Å². The lowest BCUT2D eigenvalue weighted by Crippen LogP contribution is -2.32. The second-order valence-electron chi connectivity index (χ2n) is 17.8. The molecule has 9 nitrogen and oxygen atoms in total. The Labute approximate surface area is 393 Å². The summed E-state index contributed by atoms with van der Waals surface area (Å²) in [6.07, 6.45) is 7.72. The molecule has 0 N–H and O–H groups in total. The lowest BCUT2D eigenvalue weighted by molar-refractivity contribution is 0.436. The molecule has 6 aromatic heterocycles. The topological polar surface area (TPSA) is 71.4 Å². The highest BCUT2D eigenvalue weighted by atomic mass is 16.5. The maximum absolute atomic E-state index is 7.87. The third-order valence-electron chi connectivity index (χ3n) is 14.5. The largest absolute Gasteiger partial charge is 0.457 e. The van der Waals surface area contributed by atoms with Gasteiger partial charge in [0.05, 0.1) is 93.0 Å². The molecule has 0 saturated heterocycles. The van der Waals surface area contributed by atoms with Crippen LogP contribution in [0.5, 0.6) is 11.5 Å². The summed E-state index contributed by atoms with van der Waals surface area (Å²) < 4.78 is 13.8. The van der Waals surface area contributed by atoms with Crippen LogP contribution in [0.1, 0.15) is 22.3 Å². The van der Waals surface area contributed by atoms with E-state index in [0.717, 1.165) is 117 Å². The number of pyridine rings is 3. The van der Waals surface area contributed by atoms with E-state index >= 15 is 0 Å². The first-order valence-corrected chi connectivity index (χ1v) is 22.7. The first kappa shape index (κ1) is 37.4. The van der Waals surface area contributed by atoms with E-state index in [1.807, 2.05) is 67.3 Å². The summed E-state index contributed by atoms with van der Waals surface area (Å²) in [5, 5.41) is 6.40. The van der Waals surface area contributed by atoms with Crippen molar-refractivity contribution < 1.29 is 4.74 Å². The number of rotatable bonds is 3. The molecule has 1 aliphatic heterocycles. The van der Waals surface area contributed by atoms with Gasteiger partial charge in [0.2, 0.25) is 0 Å². The second-order valence-corrected chi connectivity index (χ2v) is 17.8. The number of aromatic nitrogens is 6. The fraction of sp³-hybridized carbons (Fsp3) is 0.0167. The number of benzene rings is 7. The van der Waals surface area contributed by atoms with Crippen LogP contribution in [0.15, 0.2) is 195 Å². The minimum absolute atomic E-state index is 0.534. The molecule has 1 unspecified atom stereocenters. The standard InChI is InChI=1S/C60H32N8O/c1-61-35-19-22-53-44(27-35)45-28-36(62-2)20-23-54(45)68(53)39-31-49-59(65-33-39)58-48(30-38(32-64-58)67-51-16-8-3-11-40(51)41-12-4-9-17-52(41)67)60(49)46-14-6-10-18-56(46)69-57-24-21-37(29-47(57)60)66-50-15-7-5-13-42(50)43-25-26-63-34-55(43)66/h3-34H. The average Bonchev–Trinajstić information content (AvgIpc) is 4.12. The Hall–Kier alpha value is -9.83. The predicted molar refractivity (Wildman–Crippen MR) is 273 cm³/mol. The molecule has 0 radical (unpaired) electrons. The molecule has 15 rings (SSSR count). The smallest absolute Gasteiger partial charge is 0.188 e.